The normalized spacial score (nSPS) is 12.3. The number of amides is 1. The Labute approximate surface area is 115 Å². The van der Waals surface area contributed by atoms with Gasteiger partial charge in [0, 0.05) is 24.4 Å². The maximum atomic E-state index is 13.1. The molecular weight excluding hydrogens is 275 g/mol. The van der Waals surface area contributed by atoms with Crippen molar-refractivity contribution in [1.82, 2.24) is 4.90 Å². The van der Waals surface area contributed by atoms with Crippen LogP contribution in [0.1, 0.15) is 23.7 Å². The summed E-state index contributed by atoms with van der Waals surface area (Å²) in [7, 11) is 1.58. The van der Waals surface area contributed by atoms with E-state index in [9.17, 15) is 18.0 Å². The van der Waals surface area contributed by atoms with Crippen LogP contribution in [0.4, 0.5) is 13.2 Å². The molecule has 0 radical (unpaired) electrons. The molecule has 1 atom stereocenters. The summed E-state index contributed by atoms with van der Waals surface area (Å²) in [4.78, 5) is 13.5. The van der Waals surface area contributed by atoms with E-state index < -0.39 is 23.4 Å². The van der Waals surface area contributed by atoms with E-state index in [0.717, 1.165) is 24.3 Å². The molecule has 6 heteroatoms. The maximum Gasteiger partial charge on any atom is 0.254 e. The van der Waals surface area contributed by atoms with Crippen molar-refractivity contribution in [2.45, 2.75) is 19.4 Å². The minimum Gasteiger partial charge on any atom is -0.338 e. The molecule has 0 saturated carbocycles. The molecule has 0 saturated heterocycles. The fourth-order valence-electron chi connectivity index (χ4n) is 1.74. The third-order valence-corrected chi connectivity index (χ3v) is 3.65. The van der Waals surface area contributed by atoms with Crippen LogP contribution in [0, 0.1) is 17.5 Å². The van der Waals surface area contributed by atoms with Crippen LogP contribution in [-0.4, -0.2) is 35.9 Å². The number of carbonyl (C=O) groups excluding carboxylic acids is 1. The number of rotatable bonds is 5. The molecule has 0 N–H and O–H groups in total. The van der Waals surface area contributed by atoms with Crippen LogP contribution in [0.15, 0.2) is 12.1 Å². The Morgan fingerprint density at radius 2 is 1.84 bits per heavy atom. The van der Waals surface area contributed by atoms with Crippen molar-refractivity contribution in [2.75, 3.05) is 19.1 Å². The standard InChI is InChI=1S/C13H16F3NOS/c1-4-9(7-19-3)17(2)13(18)8-5-10(14)12(16)11(15)6-8/h5-6,9H,4,7H2,1-3H3. The van der Waals surface area contributed by atoms with E-state index in [1.165, 1.54) is 4.90 Å². The zero-order chi connectivity index (χ0) is 14.6. The zero-order valence-corrected chi connectivity index (χ0v) is 11.9. The first kappa shape index (κ1) is 15.9. The number of hydrogen-bond donors (Lipinski definition) is 0. The van der Waals surface area contributed by atoms with E-state index in [4.69, 9.17) is 0 Å². The van der Waals surface area contributed by atoms with Crippen LogP contribution < -0.4 is 0 Å². The fourth-order valence-corrected chi connectivity index (χ4v) is 2.59. The van der Waals surface area contributed by atoms with Gasteiger partial charge in [-0.15, -0.1) is 0 Å². The van der Waals surface area contributed by atoms with Crippen LogP contribution in [0.25, 0.3) is 0 Å². The molecule has 0 aliphatic carbocycles. The van der Waals surface area contributed by atoms with Crippen LogP contribution in [-0.2, 0) is 0 Å². The van der Waals surface area contributed by atoms with Gasteiger partial charge in [-0.3, -0.25) is 4.79 Å². The van der Waals surface area contributed by atoms with E-state index in [-0.39, 0.29) is 11.6 Å². The Hall–Kier alpha value is -1.17. The molecule has 1 aromatic rings. The van der Waals surface area contributed by atoms with Crippen LogP contribution in [0.3, 0.4) is 0 Å². The number of thioether (sulfide) groups is 1. The maximum absolute atomic E-state index is 13.1. The molecule has 0 bridgehead atoms. The Bertz CT molecular complexity index is 444. The number of benzene rings is 1. The number of carbonyl (C=O) groups is 1. The molecule has 0 fully saturated rings. The first-order valence-electron chi connectivity index (χ1n) is 5.83. The van der Waals surface area contributed by atoms with Gasteiger partial charge in [0.2, 0.25) is 0 Å². The van der Waals surface area contributed by atoms with Crippen molar-refractivity contribution in [3.63, 3.8) is 0 Å². The highest BCUT2D eigenvalue weighted by Crippen LogP contribution is 2.17. The first-order chi connectivity index (χ1) is 8.92. The Balaban J connectivity index is 2.99. The van der Waals surface area contributed by atoms with Crippen molar-refractivity contribution in [2.24, 2.45) is 0 Å². The highest BCUT2D eigenvalue weighted by molar-refractivity contribution is 7.98. The second-order valence-electron chi connectivity index (χ2n) is 4.19. The molecule has 2 nitrogen and oxygen atoms in total. The van der Waals surface area contributed by atoms with Gasteiger partial charge in [-0.1, -0.05) is 6.92 Å². The van der Waals surface area contributed by atoms with Crippen molar-refractivity contribution < 1.29 is 18.0 Å². The molecule has 1 aromatic carbocycles. The summed E-state index contributed by atoms with van der Waals surface area (Å²) in [6.45, 7) is 1.93. The Kier molecular flexibility index (Phi) is 5.72. The van der Waals surface area contributed by atoms with Crippen LogP contribution >= 0.6 is 11.8 Å². The van der Waals surface area contributed by atoms with Gasteiger partial charge in [0.15, 0.2) is 17.5 Å². The summed E-state index contributed by atoms with van der Waals surface area (Å²) in [6.07, 6.45) is 2.65. The zero-order valence-electron chi connectivity index (χ0n) is 11.0. The van der Waals surface area contributed by atoms with Gasteiger partial charge < -0.3 is 4.90 Å². The van der Waals surface area contributed by atoms with Gasteiger partial charge in [0.05, 0.1) is 0 Å². The van der Waals surface area contributed by atoms with E-state index in [0.29, 0.717) is 0 Å². The summed E-state index contributed by atoms with van der Waals surface area (Å²) < 4.78 is 39.1. The van der Waals surface area contributed by atoms with Gasteiger partial charge in [0.25, 0.3) is 5.91 Å². The minimum atomic E-state index is -1.56. The molecule has 106 valence electrons. The average Bonchev–Trinajstić information content (AvgIpc) is 2.39. The summed E-state index contributed by atoms with van der Waals surface area (Å²) in [5.41, 5.74) is -0.182. The summed E-state index contributed by atoms with van der Waals surface area (Å²) in [5.74, 6) is -4.05. The number of halogens is 3. The average molecular weight is 291 g/mol. The van der Waals surface area contributed by atoms with Gasteiger partial charge in [-0.2, -0.15) is 11.8 Å². The second-order valence-corrected chi connectivity index (χ2v) is 5.10. The highest BCUT2D eigenvalue weighted by Gasteiger charge is 2.22. The SMILES string of the molecule is CCC(CSC)N(C)C(=O)c1cc(F)c(F)c(F)c1. The van der Waals surface area contributed by atoms with Crippen molar-refractivity contribution >= 4 is 17.7 Å². The molecule has 1 amide bonds. The van der Waals surface area contributed by atoms with Crippen LogP contribution in [0.2, 0.25) is 0 Å². The number of nitrogens with zero attached hydrogens (tertiary/aromatic N) is 1. The van der Waals surface area contributed by atoms with E-state index in [1.807, 2.05) is 13.2 Å². The molecule has 0 spiro atoms. The smallest absolute Gasteiger partial charge is 0.254 e. The fraction of sp³-hybridized carbons (Fsp3) is 0.462. The van der Waals surface area contributed by atoms with Crippen LogP contribution in [0.5, 0.6) is 0 Å². The molecular formula is C13H16F3NOS. The van der Waals surface area contributed by atoms with Crippen molar-refractivity contribution in [3.8, 4) is 0 Å². The molecule has 0 heterocycles. The monoisotopic (exact) mass is 291 g/mol. The third-order valence-electron chi connectivity index (χ3n) is 2.93. The lowest BCUT2D eigenvalue weighted by Gasteiger charge is -2.26. The molecule has 0 aliphatic heterocycles. The topological polar surface area (TPSA) is 20.3 Å². The largest absolute Gasteiger partial charge is 0.338 e. The quantitative estimate of drug-likeness (QED) is 0.776. The Morgan fingerprint density at radius 3 is 2.26 bits per heavy atom. The summed E-state index contributed by atoms with van der Waals surface area (Å²) in [6, 6.07) is 1.42. The van der Waals surface area contributed by atoms with E-state index in [2.05, 4.69) is 0 Å². The highest BCUT2D eigenvalue weighted by atomic mass is 32.2. The third kappa shape index (κ3) is 3.65. The van der Waals surface area contributed by atoms with Gasteiger partial charge in [0.1, 0.15) is 0 Å². The first-order valence-corrected chi connectivity index (χ1v) is 7.22. The minimum absolute atomic E-state index is 0.0290. The molecule has 1 rings (SSSR count). The number of hydrogen-bond acceptors (Lipinski definition) is 2. The Morgan fingerprint density at radius 1 is 1.32 bits per heavy atom. The molecule has 0 aliphatic rings. The van der Waals surface area contributed by atoms with E-state index in [1.54, 1.807) is 18.8 Å². The van der Waals surface area contributed by atoms with Gasteiger partial charge >= 0.3 is 0 Å². The lowest BCUT2D eigenvalue weighted by molar-refractivity contribution is 0.0742. The predicted octanol–water partition coefficient (Wildman–Crippen LogP) is 3.32. The lowest BCUT2D eigenvalue weighted by Crippen LogP contribution is -2.38. The molecule has 0 aromatic heterocycles. The second kappa shape index (κ2) is 6.84. The van der Waals surface area contributed by atoms with Gasteiger partial charge in [-0.25, -0.2) is 13.2 Å². The molecule has 19 heavy (non-hydrogen) atoms. The molecule has 1 unspecified atom stereocenters. The van der Waals surface area contributed by atoms with Crippen molar-refractivity contribution in [1.29, 1.82) is 0 Å². The summed E-state index contributed by atoms with van der Waals surface area (Å²) >= 11 is 1.58. The van der Waals surface area contributed by atoms with Crippen molar-refractivity contribution in [3.05, 3.63) is 35.1 Å². The lowest BCUT2D eigenvalue weighted by atomic mass is 10.1. The van der Waals surface area contributed by atoms with Gasteiger partial charge in [-0.05, 0) is 24.8 Å². The van der Waals surface area contributed by atoms with E-state index >= 15 is 0 Å². The summed E-state index contributed by atoms with van der Waals surface area (Å²) in [5, 5.41) is 0. The predicted molar refractivity (Wildman–Crippen MR) is 70.9 cm³/mol.